The highest BCUT2D eigenvalue weighted by atomic mass is 16.6. The van der Waals surface area contributed by atoms with E-state index in [0.717, 1.165) is 23.1 Å². The fraction of sp³-hybridized carbons (Fsp3) is 0.333. The van der Waals surface area contributed by atoms with Crippen LogP contribution in [0.5, 0.6) is 0 Å². The molecule has 0 amide bonds. The second-order valence-corrected chi connectivity index (χ2v) is 6.38. The summed E-state index contributed by atoms with van der Waals surface area (Å²) in [6.45, 7) is 0.802. The number of aliphatic carboxylic acids is 1. The summed E-state index contributed by atoms with van der Waals surface area (Å²) in [7, 11) is 0. The number of fused-ring (bicyclic) bond motifs is 3. The molecule has 0 radical (unpaired) electrons. The quantitative estimate of drug-likeness (QED) is 0.311. The van der Waals surface area contributed by atoms with E-state index < -0.39 is 18.0 Å². The third kappa shape index (κ3) is 4.56. The van der Waals surface area contributed by atoms with E-state index in [1.54, 1.807) is 0 Å². The molecule has 1 atom stereocenters. The van der Waals surface area contributed by atoms with Crippen LogP contribution in [0.15, 0.2) is 42.5 Å². The molecular formula is C21H23NO6. The van der Waals surface area contributed by atoms with Gasteiger partial charge in [-0.05, 0) is 34.2 Å². The minimum atomic E-state index is -1.68. The largest absolute Gasteiger partial charge is 0.479 e. The van der Waals surface area contributed by atoms with Gasteiger partial charge >= 0.3 is 11.9 Å². The van der Waals surface area contributed by atoms with E-state index in [2.05, 4.69) is 12.1 Å². The highest BCUT2D eigenvalue weighted by molar-refractivity contribution is 5.97. The maximum Gasteiger partial charge on any atom is 0.347 e. The van der Waals surface area contributed by atoms with E-state index in [4.69, 9.17) is 19.9 Å². The Balaban J connectivity index is 1.60. The van der Waals surface area contributed by atoms with E-state index in [0.29, 0.717) is 13.2 Å². The Bertz CT molecular complexity index is 851. The van der Waals surface area contributed by atoms with Crippen LogP contribution in [0.4, 0.5) is 0 Å². The zero-order valence-electron chi connectivity index (χ0n) is 15.4. The van der Waals surface area contributed by atoms with Crippen molar-refractivity contribution in [2.24, 2.45) is 5.73 Å². The van der Waals surface area contributed by atoms with Crippen LogP contribution in [0.25, 0.3) is 11.1 Å². The molecule has 3 rings (SSSR count). The Morgan fingerprint density at radius 3 is 2.61 bits per heavy atom. The Labute approximate surface area is 163 Å². The van der Waals surface area contributed by atoms with Crippen molar-refractivity contribution in [3.05, 3.63) is 59.2 Å². The number of carbonyl (C=O) groups excluding carboxylic acids is 1. The first-order valence-electron chi connectivity index (χ1n) is 9.09. The summed E-state index contributed by atoms with van der Waals surface area (Å²) in [5.74, 6) is -2.33. The first-order chi connectivity index (χ1) is 13.6. The van der Waals surface area contributed by atoms with Crippen molar-refractivity contribution in [3.8, 4) is 11.1 Å². The molecule has 3 N–H and O–H groups in total. The lowest BCUT2D eigenvalue weighted by Crippen LogP contribution is -2.35. The molecule has 0 saturated carbocycles. The van der Waals surface area contributed by atoms with Gasteiger partial charge in [0.05, 0.1) is 19.8 Å². The fourth-order valence-corrected chi connectivity index (χ4v) is 3.23. The van der Waals surface area contributed by atoms with Gasteiger partial charge in [-0.25, -0.2) is 9.59 Å². The van der Waals surface area contributed by atoms with Gasteiger partial charge in [-0.3, -0.25) is 0 Å². The number of carboxylic acids is 1. The number of benzene rings is 2. The summed E-state index contributed by atoms with van der Waals surface area (Å²) in [5, 5.41) is 9.23. The van der Waals surface area contributed by atoms with Crippen molar-refractivity contribution in [2.75, 3.05) is 26.4 Å². The molecule has 0 spiro atoms. The molecule has 7 nitrogen and oxygen atoms in total. The summed E-state index contributed by atoms with van der Waals surface area (Å²) in [5.41, 5.74) is 10.8. The van der Waals surface area contributed by atoms with Crippen LogP contribution in [0.1, 0.15) is 16.7 Å². The Hall–Kier alpha value is -2.74. The number of hydrogen-bond acceptors (Lipinski definition) is 6. The lowest BCUT2D eigenvalue weighted by atomic mass is 10.0. The van der Waals surface area contributed by atoms with Gasteiger partial charge in [0.1, 0.15) is 6.61 Å². The highest BCUT2D eigenvalue weighted by Gasteiger charge is 2.29. The number of hydrogen-bond donors (Lipinski definition) is 2. The minimum Gasteiger partial charge on any atom is -0.479 e. The van der Waals surface area contributed by atoms with Crippen LogP contribution < -0.4 is 5.73 Å². The van der Waals surface area contributed by atoms with Crippen LogP contribution in [-0.4, -0.2) is 49.5 Å². The number of carbonyl (C=O) groups is 2. The molecule has 0 fully saturated rings. The predicted octanol–water partition coefficient (Wildman–Crippen LogP) is 1.75. The van der Waals surface area contributed by atoms with Crippen molar-refractivity contribution in [1.29, 1.82) is 0 Å². The van der Waals surface area contributed by atoms with Crippen molar-refractivity contribution < 1.29 is 28.9 Å². The topological polar surface area (TPSA) is 108 Å². The minimum absolute atomic E-state index is 0.00713. The van der Waals surface area contributed by atoms with Crippen molar-refractivity contribution >= 4 is 11.9 Å². The van der Waals surface area contributed by atoms with Gasteiger partial charge in [0, 0.05) is 6.54 Å². The molecule has 148 valence electrons. The average molecular weight is 385 g/mol. The van der Waals surface area contributed by atoms with Crippen molar-refractivity contribution in [3.63, 3.8) is 0 Å². The van der Waals surface area contributed by atoms with Gasteiger partial charge in [0.2, 0.25) is 0 Å². The normalized spacial score (nSPS) is 12.9. The maximum absolute atomic E-state index is 12.2. The molecule has 28 heavy (non-hydrogen) atoms. The van der Waals surface area contributed by atoms with E-state index in [1.807, 2.05) is 30.3 Å². The van der Waals surface area contributed by atoms with Gasteiger partial charge in [-0.15, -0.1) is 0 Å². The van der Waals surface area contributed by atoms with Crippen LogP contribution >= 0.6 is 0 Å². The van der Waals surface area contributed by atoms with Gasteiger partial charge in [-0.1, -0.05) is 42.5 Å². The molecule has 1 aliphatic carbocycles. The van der Waals surface area contributed by atoms with Crippen molar-refractivity contribution in [2.45, 2.75) is 19.1 Å². The lowest BCUT2D eigenvalue weighted by Gasteiger charge is -2.14. The molecule has 0 aliphatic heterocycles. The van der Waals surface area contributed by atoms with E-state index in [9.17, 15) is 14.7 Å². The maximum atomic E-state index is 12.2. The SMILES string of the molecule is NCCOCCOC(C(=O)O)C(=O)OCc1cccc2c1Cc1ccccc1-2. The van der Waals surface area contributed by atoms with Crippen LogP contribution in [0, 0.1) is 0 Å². The van der Waals surface area contributed by atoms with E-state index in [-0.39, 0.29) is 19.8 Å². The average Bonchev–Trinajstić information content (AvgIpc) is 3.08. The van der Waals surface area contributed by atoms with Gasteiger partial charge in [-0.2, -0.15) is 0 Å². The smallest absolute Gasteiger partial charge is 0.347 e. The lowest BCUT2D eigenvalue weighted by molar-refractivity contribution is -0.171. The second kappa shape index (κ2) is 9.45. The van der Waals surface area contributed by atoms with E-state index in [1.165, 1.54) is 11.1 Å². The number of ether oxygens (including phenoxy) is 3. The van der Waals surface area contributed by atoms with Gasteiger partial charge < -0.3 is 25.1 Å². The van der Waals surface area contributed by atoms with Crippen LogP contribution in [-0.2, 0) is 36.8 Å². The number of esters is 1. The zero-order valence-corrected chi connectivity index (χ0v) is 15.4. The zero-order chi connectivity index (χ0) is 19.9. The van der Waals surface area contributed by atoms with Gasteiger partial charge in [0.15, 0.2) is 0 Å². The highest BCUT2D eigenvalue weighted by Crippen LogP contribution is 2.38. The summed E-state index contributed by atoms with van der Waals surface area (Å²) >= 11 is 0. The monoisotopic (exact) mass is 385 g/mol. The number of carboxylic acid groups (broad SMARTS) is 1. The molecule has 1 unspecified atom stereocenters. The molecule has 0 saturated heterocycles. The molecular weight excluding hydrogens is 362 g/mol. The number of nitrogens with two attached hydrogens (primary N) is 1. The first-order valence-corrected chi connectivity index (χ1v) is 9.09. The Morgan fingerprint density at radius 1 is 1.04 bits per heavy atom. The standard InChI is InChI=1S/C21H23NO6/c22-8-9-26-10-11-27-19(20(23)24)21(25)28-13-15-5-3-7-17-16-6-2-1-4-14(16)12-18(15)17/h1-7,19H,8-13,22H2,(H,23,24). The third-order valence-electron chi connectivity index (χ3n) is 4.53. The summed E-state index contributed by atoms with van der Waals surface area (Å²) < 4.78 is 15.5. The van der Waals surface area contributed by atoms with Crippen LogP contribution in [0.2, 0.25) is 0 Å². The molecule has 0 heterocycles. The summed E-state index contributed by atoms with van der Waals surface area (Å²) in [6, 6.07) is 14.0. The summed E-state index contributed by atoms with van der Waals surface area (Å²) in [6.07, 6.45) is -0.924. The van der Waals surface area contributed by atoms with Crippen molar-refractivity contribution in [1.82, 2.24) is 0 Å². The third-order valence-corrected chi connectivity index (χ3v) is 4.53. The molecule has 1 aliphatic rings. The second-order valence-electron chi connectivity index (χ2n) is 6.38. The first kappa shape index (κ1) is 20.0. The van der Waals surface area contributed by atoms with E-state index >= 15 is 0 Å². The fourth-order valence-electron chi connectivity index (χ4n) is 3.23. The molecule has 2 aromatic carbocycles. The molecule has 0 aromatic heterocycles. The van der Waals surface area contributed by atoms with Crippen LogP contribution in [0.3, 0.4) is 0 Å². The Morgan fingerprint density at radius 2 is 1.82 bits per heavy atom. The number of rotatable bonds is 10. The van der Waals surface area contributed by atoms with Gasteiger partial charge in [0.25, 0.3) is 6.10 Å². The molecule has 2 aromatic rings. The predicted molar refractivity (Wildman–Crippen MR) is 102 cm³/mol. The Kier molecular flexibility index (Phi) is 6.76. The summed E-state index contributed by atoms with van der Waals surface area (Å²) in [4.78, 5) is 23.5. The molecule has 7 heteroatoms. The molecule has 0 bridgehead atoms.